The minimum atomic E-state index is 0.211. The van der Waals surface area contributed by atoms with Crippen LogP contribution in [0.1, 0.15) is 36.4 Å². The Kier molecular flexibility index (Phi) is 3.76. The van der Waals surface area contributed by atoms with Gasteiger partial charge in [0.25, 0.3) is 5.88 Å². The van der Waals surface area contributed by atoms with E-state index in [1.807, 2.05) is 20.8 Å². The minimum Gasteiger partial charge on any atom is -0.416 e. The molecular weight excluding hydrogens is 242 g/mol. The summed E-state index contributed by atoms with van der Waals surface area (Å²) in [6, 6.07) is 3.89. The summed E-state index contributed by atoms with van der Waals surface area (Å²) in [6.07, 6.45) is 1.46. The molecule has 0 aliphatic rings. The molecule has 6 heteroatoms. The summed E-state index contributed by atoms with van der Waals surface area (Å²) in [7, 11) is 0. The quantitative estimate of drug-likeness (QED) is 0.907. The maximum Gasteiger partial charge on any atom is 0.258 e. The van der Waals surface area contributed by atoms with Crippen molar-refractivity contribution < 1.29 is 4.74 Å². The third-order valence-corrected chi connectivity index (χ3v) is 2.81. The predicted molar refractivity (Wildman–Crippen MR) is 68.9 cm³/mol. The maximum atomic E-state index is 9.31. The lowest BCUT2D eigenvalue weighted by Crippen LogP contribution is -2.05. The van der Waals surface area contributed by atoms with Gasteiger partial charge in [0.05, 0.1) is 5.69 Å². The number of hydrogen-bond acceptors (Lipinski definition) is 5. The zero-order valence-corrected chi connectivity index (χ0v) is 11.2. The summed E-state index contributed by atoms with van der Waals surface area (Å²) in [5.74, 6) is 0.595. The van der Waals surface area contributed by atoms with Crippen molar-refractivity contribution in [2.45, 2.75) is 33.6 Å². The Morgan fingerprint density at radius 1 is 1.32 bits per heavy atom. The van der Waals surface area contributed by atoms with Crippen LogP contribution in [0.4, 0.5) is 0 Å². The Hall–Kier alpha value is -2.42. The summed E-state index contributed by atoms with van der Waals surface area (Å²) in [5, 5.41) is 24.1. The van der Waals surface area contributed by atoms with Gasteiger partial charge in [0.2, 0.25) is 5.88 Å². The molecule has 0 unspecified atom stereocenters. The minimum absolute atomic E-state index is 0.211. The molecule has 19 heavy (non-hydrogen) atoms. The standard InChI is InChI=1S/C13H15N5O/c1-4-9-10(7-14)13(18-16-11(9)5-2)19-12-6-8(3)15-17-12/h6H,4-5H2,1-3H3,(H,15,17). The van der Waals surface area contributed by atoms with Crippen molar-refractivity contribution in [1.29, 1.82) is 5.26 Å². The van der Waals surface area contributed by atoms with Crippen molar-refractivity contribution in [3.8, 4) is 17.8 Å². The molecule has 2 aromatic rings. The molecule has 0 atom stereocenters. The normalized spacial score (nSPS) is 10.2. The fourth-order valence-electron chi connectivity index (χ4n) is 1.89. The summed E-state index contributed by atoms with van der Waals surface area (Å²) >= 11 is 0. The van der Waals surface area contributed by atoms with Gasteiger partial charge < -0.3 is 4.74 Å². The molecule has 0 aliphatic carbocycles. The van der Waals surface area contributed by atoms with Crippen molar-refractivity contribution in [3.63, 3.8) is 0 Å². The van der Waals surface area contributed by atoms with Crippen molar-refractivity contribution >= 4 is 0 Å². The van der Waals surface area contributed by atoms with Gasteiger partial charge >= 0.3 is 0 Å². The summed E-state index contributed by atoms with van der Waals surface area (Å²) < 4.78 is 5.52. The van der Waals surface area contributed by atoms with E-state index in [0.29, 0.717) is 11.4 Å². The van der Waals surface area contributed by atoms with Crippen LogP contribution < -0.4 is 4.74 Å². The number of rotatable bonds is 4. The molecule has 98 valence electrons. The van der Waals surface area contributed by atoms with Gasteiger partial charge in [0, 0.05) is 11.8 Å². The van der Waals surface area contributed by atoms with Crippen LogP contribution in [0.2, 0.25) is 0 Å². The number of nitrogens with zero attached hydrogens (tertiary/aromatic N) is 4. The van der Waals surface area contributed by atoms with E-state index in [2.05, 4.69) is 26.5 Å². The first-order chi connectivity index (χ1) is 9.19. The number of nitriles is 1. The Morgan fingerprint density at radius 2 is 2.11 bits per heavy atom. The van der Waals surface area contributed by atoms with Crippen LogP contribution in [0.15, 0.2) is 6.07 Å². The van der Waals surface area contributed by atoms with E-state index in [1.165, 1.54) is 0 Å². The van der Waals surface area contributed by atoms with E-state index in [0.717, 1.165) is 29.8 Å². The van der Waals surface area contributed by atoms with Crippen LogP contribution in [0.25, 0.3) is 0 Å². The average Bonchev–Trinajstić information content (AvgIpc) is 2.83. The van der Waals surface area contributed by atoms with Crippen molar-refractivity contribution in [3.05, 3.63) is 28.6 Å². The van der Waals surface area contributed by atoms with Gasteiger partial charge in [-0.05, 0) is 25.3 Å². The van der Waals surface area contributed by atoms with Gasteiger partial charge in [0.15, 0.2) is 0 Å². The van der Waals surface area contributed by atoms with E-state index in [9.17, 15) is 5.26 Å². The number of aryl methyl sites for hydroxylation is 2. The van der Waals surface area contributed by atoms with Gasteiger partial charge in [-0.25, -0.2) is 0 Å². The lowest BCUT2D eigenvalue weighted by molar-refractivity contribution is 0.432. The highest BCUT2D eigenvalue weighted by atomic mass is 16.5. The van der Waals surface area contributed by atoms with Crippen LogP contribution in [-0.2, 0) is 12.8 Å². The molecule has 0 saturated carbocycles. The summed E-state index contributed by atoms with van der Waals surface area (Å²) in [4.78, 5) is 0. The molecular formula is C13H15N5O. The first-order valence-electron chi connectivity index (χ1n) is 6.17. The predicted octanol–water partition coefficient (Wildman–Crippen LogP) is 2.30. The molecule has 0 fully saturated rings. The number of aromatic nitrogens is 4. The molecule has 6 nitrogen and oxygen atoms in total. The maximum absolute atomic E-state index is 9.31. The highest BCUT2D eigenvalue weighted by Gasteiger charge is 2.16. The number of ether oxygens (including phenoxy) is 1. The van der Waals surface area contributed by atoms with E-state index in [1.54, 1.807) is 6.07 Å². The third kappa shape index (κ3) is 2.55. The van der Waals surface area contributed by atoms with Crippen molar-refractivity contribution in [2.24, 2.45) is 0 Å². The Balaban J connectivity index is 2.43. The molecule has 0 aromatic carbocycles. The molecule has 0 spiro atoms. The third-order valence-electron chi connectivity index (χ3n) is 2.81. The van der Waals surface area contributed by atoms with Gasteiger partial charge in [-0.15, -0.1) is 10.2 Å². The molecule has 2 rings (SSSR count). The number of aromatic amines is 1. The van der Waals surface area contributed by atoms with Crippen molar-refractivity contribution in [2.75, 3.05) is 0 Å². The molecule has 0 aliphatic heterocycles. The summed E-state index contributed by atoms with van der Waals surface area (Å²) in [5.41, 5.74) is 3.05. The first-order valence-corrected chi connectivity index (χ1v) is 6.17. The van der Waals surface area contributed by atoms with Crippen LogP contribution in [0.5, 0.6) is 11.8 Å². The van der Waals surface area contributed by atoms with Gasteiger partial charge in [0.1, 0.15) is 11.6 Å². The number of nitrogens with one attached hydrogen (secondary N) is 1. The lowest BCUT2D eigenvalue weighted by atomic mass is 10.0. The zero-order chi connectivity index (χ0) is 13.8. The van der Waals surface area contributed by atoms with Crippen LogP contribution in [0, 0.1) is 18.3 Å². The summed E-state index contributed by atoms with van der Waals surface area (Å²) in [6.45, 7) is 5.84. The monoisotopic (exact) mass is 257 g/mol. The first kappa shape index (κ1) is 13.0. The van der Waals surface area contributed by atoms with E-state index in [4.69, 9.17) is 4.74 Å². The highest BCUT2D eigenvalue weighted by Crippen LogP contribution is 2.25. The Bertz CT molecular complexity index is 626. The molecule has 0 bridgehead atoms. The van der Waals surface area contributed by atoms with E-state index >= 15 is 0 Å². The second-order valence-corrected chi connectivity index (χ2v) is 4.12. The van der Waals surface area contributed by atoms with E-state index < -0.39 is 0 Å². The molecule has 1 N–H and O–H groups in total. The van der Waals surface area contributed by atoms with Gasteiger partial charge in [-0.3, -0.25) is 5.10 Å². The molecule has 0 radical (unpaired) electrons. The van der Waals surface area contributed by atoms with Crippen LogP contribution in [-0.4, -0.2) is 20.4 Å². The van der Waals surface area contributed by atoms with Gasteiger partial charge in [-0.1, -0.05) is 13.8 Å². The SMILES string of the molecule is CCc1nnc(Oc2cc(C)[nH]n2)c(C#N)c1CC. The fourth-order valence-corrected chi connectivity index (χ4v) is 1.89. The highest BCUT2D eigenvalue weighted by molar-refractivity contribution is 5.47. The molecule has 0 amide bonds. The topological polar surface area (TPSA) is 87.5 Å². The van der Waals surface area contributed by atoms with Crippen molar-refractivity contribution in [1.82, 2.24) is 20.4 Å². The Morgan fingerprint density at radius 3 is 2.63 bits per heavy atom. The average molecular weight is 257 g/mol. The number of H-pyrrole nitrogens is 1. The molecule has 2 aromatic heterocycles. The Labute approximate surface area is 111 Å². The lowest BCUT2D eigenvalue weighted by Gasteiger charge is -2.09. The van der Waals surface area contributed by atoms with E-state index in [-0.39, 0.29) is 5.88 Å². The second kappa shape index (κ2) is 5.48. The second-order valence-electron chi connectivity index (χ2n) is 4.12. The smallest absolute Gasteiger partial charge is 0.258 e. The zero-order valence-electron chi connectivity index (χ0n) is 11.2. The van der Waals surface area contributed by atoms with Crippen LogP contribution >= 0.6 is 0 Å². The molecule has 0 saturated heterocycles. The largest absolute Gasteiger partial charge is 0.416 e. The fraction of sp³-hybridized carbons (Fsp3) is 0.385. The van der Waals surface area contributed by atoms with Gasteiger partial charge in [-0.2, -0.15) is 10.4 Å². The number of hydrogen-bond donors (Lipinski definition) is 1. The van der Waals surface area contributed by atoms with Crippen LogP contribution in [0.3, 0.4) is 0 Å². The molecule has 2 heterocycles.